The zero-order chi connectivity index (χ0) is 16.1. The molecule has 3 nitrogen and oxygen atoms in total. The van der Waals surface area contributed by atoms with Gasteiger partial charge in [-0.05, 0) is 62.4 Å². The van der Waals surface area contributed by atoms with Crippen LogP contribution in [0.4, 0.5) is 0 Å². The van der Waals surface area contributed by atoms with E-state index in [0.717, 1.165) is 18.2 Å². The highest BCUT2D eigenvalue weighted by molar-refractivity contribution is 6.30. The first-order chi connectivity index (χ1) is 11.2. The third kappa shape index (κ3) is 4.95. The molecule has 1 N–H and O–H groups in total. The standard InChI is InChI=1S/C19H27ClN2O/c20-17-7-5-15(6-8-17)13-19(23)21-14-16-9-11-22(12-10-16)18-3-1-2-4-18/h5-8,16,18H,1-4,9-14H2,(H,21,23). The van der Waals surface area contributed by atoms with Gasteiger partial charge in [0.25, 0.3) is 0 Å². The maximum atomic E-state index is 12.1. The lowest BCUT2D eigenvalue weighted by Gasteiger charge is -2.36. The zero-order valence-corrected chi connectivity index (χ0v) is 14.5. The number of nitrogens with one attached hydrogen (secondary N) is 1. The molecule has 0 radical (unpaired) electrons. The highest BCUT2D eigenvalue weighted by atomic mass is 35.5. The van der Waals surface area contributed by atoms with Crippen LogP contribution < -0.4 is 5.32 Å². The van der Waals surface area contributed by atoms with E-state index in [1.807, 2.05) is 24.3 Å². The van der Waals surface area contributed by atoms with Crippen LogP contribution in [0, 0.1) is 5.92 Å². The Bertz CT molecular complexity index is 503. The van der Waals surface area contributed by atoms with E-state index in [0.29, 0.717) is 17.4 Å². The van der Waals surface area contributed by atoms with Crippen LogP contribution in [-0.2, 0) is 11.2 Å². The fraction of sp³-hybridized carbons (Fsp3) is 0.632. The molecule has 2 fully saturated rings. The summed E-state index contributed by atoms with van der Waals surface area (Å²) in [5.41, 5.74) is 1.02. The largest absolute Gasteiger partial charge is 0.356 e. The summed E-state index contributed by atoms with van der Waals surface area (Å²) in [5, 5.41) is 3.82. The number of halogens is 1. The number of benzene rings is 1. The summed E-state index contributed by atoms with van der Waals surface area (Å²) in [6.07, 6.45) is 8.48. The molecule has 1 saturated heterocycles. The second-order valence-electron chi connectivity index (χ2n) is 7.02. The minimum atomic E-state index is 0.116. The van der Waals surface area contributed by atoms with Crippen LogP contribution in [0.3, 0.4) is 0 Å². The van der Waals surface area contributed by atoms with Crippen molar-refractivity contribution in [2.75, 3.05) is 19.6 Å². The molecule has 1 amide bonds. The van der Waals surface area contributed by atoms with E-state index in [1.54, 1.807) is 0 Å². The van der Waals surface area contributed by atoms with Crippen molar-refractivity contribution >= 4 is 17.5 Å². The predicted molar refractivity (Wildman–Crippen MR) is 94.7 cm³/mol. The summed E-state index contributed by atoms with van der Waals surface area (Å²) in [6.45, 7) is 3.25. The summed E-state index contributed by atoms with van der Waals surface area (Å²) < 4.78 is 0. The van der Waals surface area contributed by atoms with Crippen LogP contribution in [0.15, 0.2) is 24.3 Å². The van der Waals surface area contributed by atoms with Crippen molar-refractivity contribution in [1.29, 1.82) is 0 Å². The number of carbonyl (C=O) groups excluding carboxylic acids is 1. The third-order valence-corrected chi connectivity index (χ3v) is 5.61. The normalized spacial score (nSPS) is 20.7. The number of carbonyl (C=O) groups is 1. The van der Waals surface area contributed by atoms with Crippen LogP contribution in [-0.4, -0.2) is 36.5 Å². The Morgan fingerprint density at radius 3 is 2.39 bits per heavy atom. The van der Waals surface area contributed by atoms with Gasteiger partial charge >= 0.3 is 0 Å². The molecule has 126 valence electrons. The number of piperidine rings is 1. The smallest absolute Gasteiger partial charge is 0.224 e. The van der Waals surface area contributed by atoms with Gasteiger partial charge in [-0.1, -0.05) is 36.6 Å². The van der Waals surface area contributed by atoms with E-state index < -0.39 is 0 Å². The summed E-state index contributed by atoms with van der Waals surface area (Å²) in [7, 11) is 0. The van der Waals surface area contributed by atoms with E-state index in [4.69, 9.17) is 11.6 Å². The first-order valence-corrected chi connectivity index (χ1v) is 9.33. The van der Waals surface area contributed by atoms with Crippen molar-refractivity contribution in [3.63, 3.8) is 0 Å². The van der Waals surface area contributed by atoms with Gasteiger partial charge in [-0.2, -0.15) is 0 Å². The van der Waals surface area contributed by atoms with Crippen molar-refractivity contribution in [3.05, 3.63) is 34.9 Å². The molecule has 1 aliphatic carbocycles. The molecular formula is C19H27ClN2O. The van der Waals surface area contributed by atoms with Gasteiger partial charge in [0.1, 0.15) is 0 Å². The molecule has 0 spiro atoms. The second kappa shape index (κ2) is 8.16. The SMILES string of the molecule is O=C(Cc1ccc(Cl)cc1)NCC1CCN(C2CCCC2)CC1. The molecule has 3 rings (SSSR count). The van der Waals surface area contributed by atoms with Gasteiger partial charge in [0, 0.05) is 17.6 Å². The predicted octanol–water partition coefficient (Wildman–Crippen LogP) is 3.65. The summed E-state index contributed by atoms with van der Waals surface area (Å²) >= 11 is 5.87. The van der Waals surface area contributed by atoms with Crippen LogP contribution in [0.25, 0.3) is 0 Å². The number of nitrogens with zero attached hydrogens (tertiary/aromatic N) is 1. The molecule has 1 saturated carbocycles. The van der Waals surface area contributed by atoms with E-state index in [-0.39, 0.29) is 5.91 Å². The number of hydrogen-bond donors (Lipinski definition) is 1. The first kappa shape index (κ1) is 16.8. The topological polar surface area (TPSA) is 32.3 Å². The zero-order valence-electron chi connectivity index (χ0n) is 13.8. The summed E-state index contributed by atoms with van der Waals surface area (Å²) in [6, 6.07) is 8.35. The fourth-order valence-corrected chi connectivity index (χ4v) is 4.03. The number of amides is 1. The Morgan fingerprint density at radius 2 is 1.74 bits per heavy atom. The minimum Gasteiger partial charge on any atom is -0.356 e. The van der Waals surface area contributed by atoms with Crippen molar-refractivity contribution in [3.8, 4) is 0 Å². The van der Waals surface area contributed by atoms with Gasteiger partial charge in [-0.25, -0.2) is 0 Å². The van der Waals surface area contributed by atoms with Crippen LogP contribution in [0.5, 0.6) is 0 Å². The maximum Gasteiger partial charge on any atom is 0.224 e. The number of rotatable bonds is 5. The molecule has 1 aromatic carbocycles. The van der Waals surface area contributed by atoms with Gasteiger partial charge in [0.2, 0.25) is 5.91 Å². The van der Waals surface area contributed by atoms with Crippen LogP contribution in [0.2, 0.25) is 5.02 Å². The molecule has 0 unspecified atom stereocenters. The Kier molecular flexibility index (Phi) is 5.96. The molecule has 0 atom stereocenters. The lowest BCUT2D eigenvalue weighted by atomic mass is 9.95. The lowest BCUT2D eigenvalue weighted by molar-refractivity contribution is -0.120. The molecule has 4 heteroatoms. The Morgan fingerprint density at radius 1 is 1.09 bits per heavy atom. The molecule has 1 aromatic rings. The average molecular weight is 335 g/mol. The van der Waals surface area contributed by atoms with Gasteiger partial charge in [-0.15, -0.1) is 0 Å². The minimum absolute atomic E-state index is 0.116. The molecule has 23 heavy (non-hydrogen) atoms. The van der Waals surface area contributed by atoms with Crippen LogP contribution in [0.1, 0.15) is 44.1 Å². The van der Waals surface area contributed by atoms with Crippen molar-refractivity contribution < 1.29 is 4.79 Å². The lowest BCUT2D eigenvalue weighted by Crippen LogP contribution is -2.42. The fourth-order valence-electron chi connectivity index (χ4n) is 3.90. The van der Waals surface area contributed by atoms with Gasteiger partial charge in [-0.3, -0.25) is 4.79 Å². The van der Waals surface area contributed by atoms with E-state index in [2.05, 4.69) is 10.2 Å². The van der Waals surface area contributed by atoms with Crippen molar-refractivity contribution in [2.24, 2.45) is 5.92 Å². The Hall–Kier alpha value is -1.06. The molecule has 1 heterocycles. The Labute approximate surface area is 144 Å². The molecule has 0 aromatic heterocycles. The highest BCUT2D eigenvalue weighted by Gasteiger charge is 2.27. The third-order valence-electron chi connectivity index (χ3n) is 5.36. The van der Waals surface area contributed by atoms with E-state index in [1.165, 1.54) is 51.6 Å². The number of hydrogen-bond acceptors (Lipinski definition) is 2. The average Bonchev–Trinajstić information content (AvgIpc) is 3.10. The first-order valence-electron chi connectivity index (χ1n) is 8.96. The molecule has 0 bridgehead atoms. The molecule has 2 aliphatic rings. The van der Waals surface area contributed by atoms with Crippen molar-refractivity contribution in [2.45, 2.75) is 51.0 Å². The monoisotopic (exact) mass is 334 g/mol. The second-order valence-corrected chi connectivity index (χ2v) is 7.46. The van der Waals surface area contributed by atoms with Gasteiger partial charge in [0.05, 0.1) is 6.42 Å². The van der Waals surface area contributed by atoms with E-state index >= 15 is 0 Å². The summed E-state index contributed by atoms with van der Waals surface area (Å²) in [5.74, 6) is 0.757. The molecule has 1 aliphatic heterocycles. The maximum absolute atomic E-state index is 12.1. The quantitative estimate of drug-likeness (QED) is 0.891. The highest BCUT2D eigenvalue weighted by Crippen LogP contribution is 2.27. The molecular weight excluding hydrogens is 308 g/mol. The van der Waals surface area contributed by atoms with Gasteiger partial charge in [0.15, 0.2) is 0 Å². The van der Waals surface area contributed by atoms with Crippen molar-refractivity contribution in [1.82, 2.24) is 10.2 Å². The summed E-state index contributed by atoms with van der Waals surface area (Å²) in [4.78, 5) is 14.7. The van der Waals surface area contributed by atoms with E-state index in [9.17, 15) is 4.79 Å². The number of likely N-dealkylation sites (tertiary alicyclic amines) is 1. The Balaban J connectivity index is 1.36. The van der Waals surface area contributed by atoms with Crippen LogP contribution >= 0.6 is 11.6 Å². The van der Waals surface area contributed by atoms with Gasteiger partial charge < -0.3 is 10.2 Å².